The van der Waals surface area contributed by atoms with Gasteiger partial charge < -0.3 is 10.2 Å². The summed E-state index contributed by atoms with van der Waals surface area (Å²) in [6, 6.07) is 15.5. The molecule has 21 heavy (non-hydrogen) atoms. The van der Waals surface area contributed by atoms with Crippen molar-refractivity contribution in [3.63, 3.8) is 0 Å². The van der Waals surface area contributed by atoms with E-state index in [2.05, 4.69) is 64.6 Å². The third-order valence-electron chi connectivity index (χ3n) is 4.16. The maximum atomic E-state index is 4.49. The third kappa shape index (κ3) is 3.82. The first kappa shape index (κ1) is 14.1. The minimum absolute atomic E-state index is 0.617. The molecule has 3 nitrogen and oxygen atoms in total. The van der Waals surface area contributed by atoms with E-state index < -0.39 is 0 Å². The molecule has 0 spiro atoms. The van der Waals surface area contributed by atoms with E-state index in [0.29, 0.717) is 6.04 Å². The molecule has 1 aromatic carbocycles. The molecule has 1 aromatic heterocycles. The van der Waals surface area contributed by atoms with Gasteiger partial charge in [0.2, 0.25) is 0 Å². The largest absolute Gasteiger partial charge is 0.356 e. The molecule has 3 rings (SSSR count). The predicted octanol–water partition coefficient (Wildman–Crippen LogP) is 3.15. The minimum atomic E-state index is 0.617. The Hall–Kier alpha value is -1.87. The Morgan fingerprint density at radius 3 is 2.62 bits per heavy atom. The van der Waals surface area contributed by atoms with Crippen molar-refractivity contribution in [1.29, 1.82) is 0 Å². The van der Waals surface area contributed by atoms with Crippen molar-refractivity contribution >= 4 is 5.82 Å². The molecule has 110 valence electrons. The van der Waals surface area contributed by atoms with Gasteiger partial charge in [-0.2, -0.15) is 0 Å². The highest BCUT2D eigenvalue weighted by molar-refractivity contribution is 5.41. The van der Waals surface area contributed by atoms with Crippen LogP contribution >= 0.6 is 0 Å². The van der Waals surface area contributed by atoms with Gasteiger partial charge in [-0.3, -0.25) is 0 Å². The molecule has 1 N–H and O–H groups in total. The molecule has 1 aliphatic heterocycles. The molecule has 0 aliphatic carbocycles. The molecule has 1 fully saturated rings. The van der Waals surface area contributed by atoms with Crippen molar-refractivity contribution in [3.05, 3.63) is 59.8 Å². The van der Waals surface area contributed by atoms with Crippen LogP contribution in [0.1, 0.15) is 24.0 Å². The lowest BCUT2D eigenvalue weighted by Gasteiger charge is -2.33. The fourth-order valence-corrected chi connectivity index (χ4v) is 2.86. The molecule has 0 atom stereocenters. The monoisotopic (exact) mass is 281 g/mol. The number of hydrogen-bond donors (Lipinski definition) is 1. The third-order valence-corrected chi connectivity index (χ3v) is 4.16. The number of hydrogen-bond acceptors (Lipinski definition) is 3. The molecular formula is C18H23N3. The van der Waals surface area contributed by atoms with Gasteiger partial charge in [-0.15, -0.1) is 0 Å². The van der Waals surface area contributed by atoms with E-state index in [4.69, 9.17) is 0 Å². The molecule has 2 heterocycles. The van der Waals surface area contributed by atoms with Gasteiger partial charge >= 0.3 is 0 Å². The number of nitrogens with one attached hydrogen (secondary N) is 1. The van der Waals surface area contributed by atoms with Crippen LogP contribution in [0.4, 0.5) is 5.82 Å². The highest BCUT2D eigenvalue weighted by Crippen LogP contribution is 2.18. The van der Waals surface area contributed by atoms with E-state index in [9.17, 15) is 0 Å². The zero-order valence-electron chi connectivity index (χ0n) is 12.6. The normalized spacial score (nSPS) is 16.1. The van der Waals surface area contributed by atoms with Crippen LogP contribution in [0.3, 0.4) is 0 Å². The fourth-order valence-electron chi connectivity index (χ4n) is 2.86. The SMILES string of the molecule is Cc1ccnc(N2CCC(NCc3ccccc3)CC2)c1. The molecule has 1 saturated heterocycles. The van der Waals surface area contributed by atoms with Crippen molar-refractivity contribution in [1.82, 2.24) is 10.3 Å². The zero-order valence-corrected chi connectivity index (χ0v) is 12.6. The highest BCUT2D eigenvalue weighted by Gasteiger charge is 2.19. The second-order valence-corrected chi connectivity index (χ2v) is 5.82. The number of nitrogens with zero attached hydrogens (tertiary/aromatic N) is 2. The second kappa shape index (κ2) is 6.72. The number of anilines is 1. The Bertz CT molecular complexity index is 560. The van der Waals surface area contributed by atoms with Crippen molar-refractivity contribution in [2.75, 3.05) is 18.0 Å². The molecule has 0 amide bonds. The van der Waals surface area contributed by atoms with Crippen molar-refractivity contribution in [3.8, 4) is 0 Å². The van der Waals surface area contributed by atoms with Crippen LogP contribution in [0.5, 0.6) is 0 Å². The van der Waals surface area contributed by atoms with Gasteiger partial charge in [0.15, 0.2) is 0 Å². The molecule has 0 bridgehead atoms. The Morgan fingerprint density at radius 2 is 1.90 bits per heavy atom. The summed E-state index contributed by atoms with van der Waals surface area (Å²) in [4.78, 5) is 6.88. The summed E-state index contributed by atoms with van der Waals surface area (Å²) in [5.41, 5.74) is 2.64. The highest BCUT2D eigenvalue weighted by atomic mass is 15.2. The van der Waals surface area contributed by atoms with Gasteiger partial charge in [0.1, 0.15) is 5.82 Å². The molecule has 0 unspecified atom stereocenters. The smallest absolute Gasteiger partial charge is 0.128 e. The summed E-state index contributed by atoms with van der Waals surface area (Å²) in [5.74, 6) is 1.12. The first-order valence-electron chi connectivity index (χ1n) is 7.76. The Balaban J connectivity index is 1.49. The van der Waals surface area contributed by atoms with Gasteiger partial charge in [0.05, 0.1) is 0 Å². The van der Waals surface area contributed by atoms with Crippen LogP contribution in [0, 0.1) is 6.92 Å². The number of aromatic nitrogens is 1. The van der Waals surface area contributed by atoms with Crippen LogP contribution in [0.25, 0.3) is 0 Å². The van der Waals surface area contributed by atoms with E-state index in [1.54, 1.807) is 0 Å². The first-order chi connectivity index (χ1) is 10.3. The molecule has 2 aromatic rings. The van der Waals surface area contributed by atoms with Crippen LogP contribution in [-0.4, -0.2) is 24.1 Å². The molecule has 0 saturated carbocycles. The fraction of sp³-hybridized carbons (Fsp3) is 0.389. The van der Waals surface area contributed by atoms with Crippen LogP contribution < -0.4 is 10.2 Å². The lowest BCUT2D eigenvalue weighted by atomic mass is 10.0. The standard InChI is InChI=1S/C18H23N3/c1-15-7-10-19-18(13-15)21-11-8-17(9-12-21)20-14-16-5-3-2-4-6-16/h2-7,10,13,17,20H,8-9,11-12,14H2,1H3. The quantitative estimate of drug-likeness (QED) is 0.933. The minimum Gasteiger partial charge on any atom is -0.356 e. The summed E-state index contributed by atoms with van der Waals surface area (Å²) in [6.45, 7) is 5.26. The van der Waals surface area contributed by atoms with E-state index in [1.165, 1.54) is 24.0 Å². The van der Waals surface area contributed by atoms with Crippen molar-refractivity contribution < 1.29 is 0 Å². The number of benzene rings is 1. The van der Waals surface area contributed by atoms with E-state index >= 15 is 0 Å². The zero-order chi connectivity index (χ0) is 14.5. The van der Waals surface area contributed by atoms with Gasteiger partial charge in [0, 0.05) is 31.9 Å². The molecule has 1 aliphatic rings. The molecular weight excluding hydrogens is 258 g/mol. The van der Waals surface area contributed by atoms with Crippen molar-refractivity contribution in [2.45, 2.75) is 32.4 Å². The van der Waals surface area contributed by atoms with Gasteiger partial charge in [0.25, 0.3) is 0 Å². The van der Waals surface area contributed by atoms with E-state index in [0.717, 1.165) is 25.5 Å². The predicted molar refractivity (Wildman–Crippen MR) is 87.5 cm³/mol. The Labute approximate surface area is 127 Å². The van der Waals surface area contributed by atoms with Gasteiger partial charge in [-0.1, -0.05) is 30.3 Å². The number of aryl methyl sites for hydroxylation is 1. The molecule has 0 radical (unpaired) electrons. The number of pyridine rings is 1. The van der Waals surface area contributed by atoms with E-state index in [-0.39, 0.29) is 0 Å². The first-order valence-corrected chi connectivity index (χ1v) is 7.76. The lowest BCUT2D eigenvalue weighted by molar-refractivity contribution is 0.413. The number of rotatable bonds is 4. The lowest BCUT2D eigenvalue weighted by Crippen LogP contribution is -2.42. The van der Waals surface area contributed by atoms with Gasteiger partial charge in [-0.25, -0.2) is 4.98 Å². The van der Waals surface area contributed by atoms with Crippen LogP contribution in [0.2, 0.25) is 0 Å². The second-order valence-electron chi connectivity index (χ2n) is 5.82. The summed E-state index contributed by atoms with van der Waals surface area (Å²) >= 11 is 0. The summed E-state index contributed by atoms with van der Waals surface area (Å²) in [5, 5.41) is 3.67. The number of piperidine rings is 1. The van der Waals surface area contributed by atoms with E-state index in [1.807, 2.05) is 6.20 Å². The van der Waals surface area contributed by atoms with Crippen LogP contribution in [-0.2, 0) is 6.54 Å². The summed E-state index contributed by atoms with van der Waals surface area (Å²) in [6.07, 6.45) is 4.27. The Morgan fingerprint density at radius 1 is 1.14 bits per heavy atom. The summed E-state index contributed by atoms with van der Waals surface area (Å²) in [7, 11) is 0. The maximum Gasteiger partial charge on any atom is 0.128 e. The molecule has 3 heteroatoms. The van der Waals surface area contributed by atoms with Gasteiger partial charge in [-0.05, 0) is 43.0 Å². The van der Waals surface area contributed by atoms with Crippen LogP contribution in [0.15, 0.2) is 48.7 Å². The maximum absolute atomic E-state index is 4.49. The average molecular weight is 281 g/mol. The Kier molecular flexibility index (Phi) is 4.51. The summed E-state index contributed by atoms with van der Waals surface area (Å²) < 4.78 is 0. The average Bonchev–Trinajstić information content (AvgIpc) is 2.54. The van der Waals surface area contributed by atoms with Crippen molar-refractivity contribution in [2.24, 2.45) is 0 Å². The topological polar surface area (TPSA) is 28.2 Å².